The maximum atomic E-state index is 11.7. The number of halogens is 3. The zero-order valence-electron chi connectivity index (χ0n) is 6.23. The lowest BCUT2D eigenvalue weighted by atomic mass is 10.3. The quantitative estimate of drug-likeness (QED) is 0.532. The molecule has 0 aliphatic rings. The summed E-state index contributed by atoms with van der Waals surface area (Å²) >= 11 is 0. The molecule has 0 unspecified atom stereocenters. The molecular weight excluding hydrogens is 171 g/mol. The van der Waals surface area contributed by atoms with E-state index in [4.69, 9.17) is 11.5 Å². The largest absolute Gasteiger partial charge is 0.430 e. The Kier molecular flexibility index (Phi) is 3.62. The van der Waals surface area contributed by atoms with Crippen LogP contribution in [0.15, 0.2) is 23.5 Å². The Morgan fingerprint density at radius 3 is 2.00 bits per heavy atom. The highest BCUT2D eigenvalue weighted by Gasteiger charge is 2.30. The van der Waals surface area contributed by atoms with E-state index in [1.54, 1.807) is 0 Å². The van der Waals surface area contributed by atoms with Crippen LogP contribution in [0.1, 0.15) is 0 Å². The Bertz CT molecular complexity index is 205. The van der Waals surface area contributed by atoms with Crippen molar-refractivity contribution in [1.82, 2.24) is 0 Å². The Labute approximate surface area is 67.7 Å². The van der Waals surface area contributed by atoms with Gasteiger partial charge >= 0.3 is 6.18 Å². The van der Waals surface area contributed by atoms with Gasteiger partial charge in [-0.25, -0.2) is 0 Å². The minimum atomic E-state index is -4.51. The molecule has 3 nitrogen and oxygen atoms in total. The molecule has 12 heavy (non-hydrogen) atoms. The normalized spacial score (nSPS) is 15.0. The highest BCUT2D eigenvalue weighted by Crippen LogP contribution is 2.20. The number of hydrogen-bond donors (Lipinski definition) is 3. The monoisotopic (exact) mass is 181 g/mol. The molecule has 0 heterocycles. The van der Waals surface area contributed by atoms with Gasteiger partial charge in [-0.05, 0) is 12.2 Å². The van der Waals surface area contributed by atoms with Gasteiger partial charge in [0.1, 0.15) is 5.70 Å². The Morgan fingerprint density at radius 1 is 1.17 bits per heavy atom. The van der Waals surface area contributed by atoms with Gasteiger partial charge in [0.05, 0.1) is 0 Å². The lowest BCUT2D eigenvalue weighted by Crippen LogP contribution is -2.19. The number of alkyl halides is 3. The van der Waals surface area contributed by atoms with Crippen molar-refractivity contribution in [2.45, 2.75) is 6.18 Å². The molecule has 0 bridgehead atoms. The second-order valence-electron chi connectivity index (χ2n) is 2.07. The molecule has 0 atom stereocenters. The predicted octanol–water partition coefficient (Wildman–Crippen LogP) is 0.193. The summed E-state index contributed by atoms with van der Waals surface area (Å²) in [6.45, 7) is 0.00162. The van der Waals surface area contributed by atoms with Gasteiger partial charge in [0.25, 0.3) is 0 Å². The minimum absolute atomic E-state index is 0.00162. The maximum Gasteiger partial charge on any atom is 0.430 e. The van der Waals surface area contributed by atoms with Crippen LogP contribution in [0.5, 0.6) is 0 Å². The summed E-state index contributed by atoms with van der Waals surface area (Å²) in [7, 11) is 0. The molecule has 0 amide bonds. The van der Waals surface area contributed by atoms with Crippen LogP contribution in [0.3, 0.4) is 0 Å². The van der Waals surface area contributed by atoms with Gasteiger partial charge in [-0.3, -0.25) is 0 Å². The third-order valence-corrected chi connectivity index (χ3v) is 1.04. The third-order valence-electron chi connectivity index (χ3n) is 1.04. The second-order valence-corrected chi connectivity index (χ2v) is 2.07. The maximum absolute atomic E-state index is 11.7. The minimum Gasteiger partial charge on any atom is -0.401 e. The first-order valence-electron chi connectivity index (χ1n) is 3.07. The van der Waals surface area contributed by atoms with E-state index in [-0.39, 0.29) is 12.2 Å². The van der Waals surface area contributed by atoms with E-state index >= 15 is 0 Å². The zero-order chi connectivity index (χ0) is 9.78. The van der Waals surface area contributed by atoms with E-state index in [1.807, 2.05) is 0 Å². The molecule has 0 aromatic carbocycles. The highest BCUT2D eigenvalue weighted by molar-refractivity contribution is 5.17. The van der Waals surface area contributed by atoms with Crippen molar-refractivity contribution in [3.05, 3.63) is 23.5 Å². The molecule has 0 rings (SSSR count). The van der Waals surface area contributed by atoms with Crippen molar-refractivity contribution in [2.75, 3.05) is 6.54 Å². The molecule has 6 N–H and O–H groups in total. The average Bonchev–Trinajstić information content (AvgIpc) is 1.97. The van der Waals surface area contributed by atoms with Gasteiger partial charge in [-0.15, -0.1) is 0 Å². The number of rotatable bonds is 2. The standard InChI is InChI=1S/C6H10F3N3/c7-6(8,9)5(12)2-1-4(11)3-10/h1-2H,3,10-12H2/b4-1-,5-2-. The zero-order valence-corrected chi connectivity index (χ0v) is 6.23. The molecule has 0 aromatic rings. The topological polar surface area (TPSA) is 78.1 Å². The summed E-state index contributed by atoms with van der Waals surface area (Å²) in [6.07, 6.45) is -2.80. The number of nitrogens with two attached hydrogens (primary N) is 3. The molecule has 0 fully saturated rings. The van der Waals surface area contributed by atoms with E-state index < -0.39 is 11.9 Å². The first-order chi connectivity index (χ1) is 5.38. The summed E-state index contributed by atoms with van der Waals surface area (Å²) in [5.41, 5.74) is 13.8. The molecule has 0 aliphatic carbocycles. The van der Waals surface area contributed by atoms with Crippen LogP contribution >= 0.6 is 0 Å². The molecule has 0 saturated carbocycles. The van der Waals surface area contributed by atoms with Gasteiger partial charge in [0, 0.05) is 12.2 Å². The van der Waals surface area contributed by atoms with Crippen LogP contribution in [0.25, 0.3) is 0 Å². The van der Waals surface area contributed by atoms with Crippen molar-refractivity contribution in [3.63, 3.8) is 0 Å². The Balaban J connectivity index is 4.39. The van der Waals surface area contributed by atoms with Gasteiger partial charge < -0.3 is 17.2 Å². The van der Waals surface area contributed by atoms with Crippen LogP contribution in [-0.2, 0) is 0 Å². The molecule has 0 aliphatic heterocycles. The Morgan fingerprint density at radius 2 is 1.67 bits per heavy atom. The SMILES string of the molecule is NC/C(N)=C/C=C(\N)C(F)(F)F. The molecule has 6 heteroatoms. The van der Waals surface area contributed by atoms with E-state index in [0.29, 0.717) is 6.08 Å². The second kappa shape index (κ2) is 4.01. The van der Waals surface area contributed by atoms with Crippen LogP contribution in [-0.4, -0.2) is 12.7 Å². The fourth-order valence-electron chi connectivity index (χ4n) is 0.359. The van der Waals surface area contributed by atoms with Crippen LogP contribution < -0.4 is 17.2 Å². The van der Waals surface area contributed by atoms with Gasteiger partial charge in [0.15, 0.2) is 0 Å². The van der Waals surface area contributed by atoms with Crippen molar-refractivity contribution >= 4 is 0 Å². The van der Waals surface area contributed by atoms with E-state index in [1.165, 1.54) is 0 Å². The molecule has 0 radical (unpaired) electrons. The fourth-order valence-corrected chi connectivity index (χ4v) is 0.359. The number of allylic oxidation sites excluding steroid dienone is 3. The first-order valence-corrected chi connectivity index (χ1v) is 3.07. The average molecular weight is 181 g/mol. The summed E-state index contributed by atoms with van der Waals surface area (Å²) in [6, 6.07) is 0. The molecule has 70 valence electrons. The lowest BCUT2D eigenvalue weighted by molar-refractivity contribution is -0.0926. The van der Waals surface area contributed by atoms with Crippen LogP contribution in [0.2, 0.25) is 0 Å². The number of hydrogen-bond acceptors (Lipinski definition) is 3. The van der Waals surface area contributed by atoms with Crippen molar-refractivity contribution in [3.8, 4) is 0 Å². The summed E-state index contributed by atoms with van der Waals surface area (Å²) < 4.78 is 35.1. The van der Waals surface area contributed by atoms with Crippen LogP contribution in [0.4, 0.5) is 13.2 Å². The first kappa shape index (κ1) is 10.8. The predicted molar refractivity (Wildman–Crippen MR) is 39.7 cm³/mol. The van der Waals surface area contributed by atoms with E-state index in [2.05, 4.69) is 5.73 Å². The molecule has 0 aromatic heterocycles. The van der Waals surface area contributed by atoms with Gasteiger partial charge in [-0.2, -0.15) is 13.2 Å². The fraction of sp³-hybridized carbons (Fsp3) is 0.333. The Hall–Kier alpha value is -1.17. The third kappa shape index (κ3) is 3.87. The molecule has 0 spiro atoms. The molecular formula is C6H10F3N3. The van der Waals surface area contributed by atoms with Crippen molar-refractivity contribution in [2.24, 2.45) is 17.2 Å². The molecule has 0 saturated heterocycles. The highest BCUT2D eigenvalue weighted by atomic mass is 19.4. The van der Waals surface area contributed by atoms with Crippen LogP contribution in [0, 0.1) is 0 Å². The lowest BCUT2D eigenvalue weighted by Gasteiger charge is -2.04. The summed E-state index contributed by atoms with van der Waals surface area (Å²) in [5.74, 6) is 0. The van der Waals surface area contributed by atoms with E-state index in [0.717, 1.165) is 6.08 Å². The van der Waals surface area contributed by atoms with Gasteiger partial charge in [-0.1, -0.05) is 0 Å². The van der Waals surface area contributed by atoms with Crippen molar-refractivity contribution in [1.29, 1.82) is 0 Å². The summed E-state index contributed by atoms with van der Waals surface area (Å²) in [4.78, 5) is 0. The van der Waals surface area contributed by atoms with E-state index in [9.17, 15) is 13.2 Å². The smallest absolute Gasteiger partial charge is 0.401 e. The van der Waals surface area contributed by atoms with Crippen molar-refractivity contribution < 1.29 is 13.2 Å². The van der Waals surface area contributed by atoms with Gasteiger partial charge in [0.2, 0.25) is 0 Å². The summed E-state index contributed by atoms with van der Waals surface area (Å²) in [5, 5.41) is 0.